The summed E-state index contributed by atoms with van der Waals surface area (Å²) in [6.45, 7) is -1.56. The van der Waals surface area contributed by atoms with Crippen molar-refractivity contribution in [3.8, 4) is 11.8 Å². The van der Waals surface area contributed by atoms with Crippen molar-refractivity contribution in [2.45, 2.75) is 6.18 Å². The van der Waals surface area contributed by atoms with Crippen LogP contribution < -0.4 is 4.74 Å². The summed E-state index contributed by atoms with van der Waals surface area (Å²) < 4.78 is 44.7. The first-order valence-electron chi connectivity index (χ1n) is 4.89. The van der Waals surface area contributed by atoms with Crippen LogP contribution in [0.15, 0.2) is 18.2 Å². The quantitative estimate of drug-likeness (QED) is 0.778. The molecule has 0 aliphatic carbocycles. The predicted octanol–water partition coefficient (Wildman–Crippen LogP) is 3.17. The van der Waals surface area contributed by atoms with Gasteiger partial charge in [-0.05, 0) is 18.2 Å². The topological polar surface area (TPSA) is 42.2 Å². The van der Waals surface area contributed by atoms with Gasteiger partial charge in [-0.15, -0.1) is 0 Å². The monoisotopic (exact) mass is 279 g/mol. The molecule has 7 heteroatoms. The van der Waals surface area contributed by atoms with Crippen molar-refractivity contribution in [2.75, 3.05) is 19.8 Å². The van der Waals surface area contributed by atoms with Gasteiger partial charge in [-0.3, -0.25) is 0 Å². The number of nitrogens with zero attached hydrogens (tertiary/aromatic N) is 1. The van der Waals surface area contributed by atoms with Gasteiger partial charge in [-0.25, -0.2) is 0 Å². The molecule has 0 amide bonds. The van der Waals surface area contributed by atoms with Crippen LogP contribution in [0.3, 0.4) is 0 Å². The first-order valence-corrected chi connectivity index (χ1v) is 5.27. The van der Waals surface area contributed by atoms with Gasteiger partial charge in [0.05, 0.1) is 23.3 Å². The molecule has 0 atom stereocenters. The molecular weight excluding hydrogens is 271 g/mol. The zero-order valence-electron chi connectivity index (χ0n) is 9.13. The Kier molecular flexibility index (Phi) is 5.25. The van der Waals surface area contributed by atoms with Crippen LogP contribution in [-0.2, 0) is 4.74 Å². The average Bonchev–Trinajstić information content (AvgIpc) is 2.29. The lowest BCUT2D eigenvalue weighted by atomic mass is 10.2. The minimum absolute atomic E-state index is 0.0539. The summed E-state index contributed by atoms with van der Waals surface area (Å²) in [5, 5.41) is 8.83. The fourth-order valence-electron chi connectivity index (χ4n) is 1.09. The second-order valence-electron chi connectivity index (χ2n) is 3.27. The zero-order chi connectivity index (χ0) is 13.6. The molecule has 18 heavy (non-hydrogen) atoms. The third kappa shape index (κ3) is 5.25. The molecule has 0 aromatic heterocycles. The van der Waals surface area contributed by atoms with Gasteiger partial charge in [0.25, 0.3) is 0 Å². The average molecular weight is 280 g/mol. The lowest BCUT2D eigenvalue weighted by Gasteiger charge is -2.10. The van der Waals surface area contributed by atoms with E-state index in [0.29, 0.717) is 11.3 Å². The second-order valence-corrected chi connectivity index (χ2v) is 3.68. The standard InChI is InChI=1S/C11H9ClF3NO2/c12-9-5-8(6-16)1-2-10(9)18-4-3-17-7-11(13,14)15/h1-2,5H,3-4,7H2. The van der Waals surface area contributed by atoms with Crippen molar-refractivity contribution in [1.82, 2.24) is 0 Å². The third-order valence-corrected chi connectivity index (χ3v) is 2.11. The molecule has 1 rings (SSSR count). The molecule has 0 fully saturated rings. The maximum absolute atomic E-state index is 11.7. The van der Waals surface area contributed by atoms with E-state index in [1.807, 2.05) is 6.07 Å². The van der Waals surface area contributed by atoms with E-state index in [1.54, 1.807) is 0 Å². The van der Waals surface area contributed by atoms with E-state index in [2.05, 4.69) is 4.74 Å². The number of nitriles is 1. The van der Waals surface area contributed by atoms with E-state index in [1.165, 1.54) is 18.2 Å². The Morgan fingerprint density at radius 1 is 1.28 bits per heavy atom. The van der Waals surface area contributed by atoms with Crippen molar-refractivity contribution in [1.29, 1.82) is 5.26 Å². The minimum atomic E-state index is -4.34. The van der Waals surface area contributed by atoms with E-state index < -0.39 is 12.8 Å². The van der Waals surface area contributed by atoms with Crippen molar-refractivity contribution in [3.05, 3.63) is 28.8 Å². The summed E-state index contributed by atoms with van der Waals surface area (Å²) >= 11 is 5.80. The lowest BCUT2D eigenvalue weighted by molar-refractivity contribution is -0.175. The van der Waals surface area contributed by atoms with Gasteiger partial charge in [0.1, 0.15) is 19.0 Å². The van der Waals surface area contributed by atoms with Crippen LogP contribution in [0.1, 0.15) is 5.56 Å². The maximum atomic E-state index is 11.7. The molecule has 0 saturated carbocycles. The third-order valence-electron chi connectivity index (χ3n) is 1.81. The molecule has 0 spiro atoms. The number of halogens is 4. The first kappa shape index (κ1) is 14.6. The normalized spacial score (nSPS) is 11.1. The number of alkyl halides is 3. The van der Waals surface area contributed by atoms with Crippen LogP contribution in [0.5, 0.6) is 5.75 Å². The van der Waals surface area contributed by atoms with E-state index >= 15 is 0 Å². The van der Waals surface area contributed by atoms with Crippen LogP contribution in [0, 0.1) is 11.3 Å². The fourth-order valence-corrected chi connectivity index (χ4v) is 1.32. The van der Waals surface area contributed by atoms with E-state index in [4.69, 9.17) is 21.6 Å². The summed E-state index contributed by atoms with van der Waals surface area (Å²) in [6.07, 6.45) is -4.34. The first-order chi connectivity index (χ1) is 8.42. The van der Waals surface area contributed by atoms with Gasteiger partial charge in [0.15, 0.2) is 0 Å². The number of benzene rings is 1. The fraction of sp³-hybridized carbons (Fsp3) is 0.364. The molecule has 0 N–H and O–H groups in total. The molecule has 98 valence electrons. The Labute approximate surface area is 107 Å². The van der Waals surface area contributed by atoms with Gasteiger partial charge >= 0.3 is 6.18 Å². The zero-order valence-corrected chi connectivity index (χ0v) is 9.88. The van der Waals surface area contributed by atoms with Crippen LogP contribution in [0.2, 0.25) is 5.02 Å². The molecule has 3 nitrogen and oxygen atoms in total. The Morgan fingerprint density at radius 3 is 2.56 bits per heavy atom. The molecule has 1 aromatic carbocycles. The highest BCUT2D eigenvalue weighted by atomic mass is 35.5. The largest absolute Gasteiger partial charge is 0.490 e. The number of ether oxygens (including phenoxy) is 2. The summed E-state index contributed by atoms with van der Waals surface area (Å²) in [7, 11) is 0. The molecule has 0 radical (unpaired) electrons. The summed E-state index contributed by atoms with van der Waals surface area (Å²) in [4.78, 5) is 0. The van der Waals surface area contributed by atoms with Gasteiger partial charge in [0, 0.05) is 0 Å². The Balaban J connectivity index is 2.34. The summed E-state index contributed by atoms with van der Waals surface area (Å²) in [6, 6.07) is 6.28. The predicted molar refractivity (Wildman–Crippen MR) is 58.5 cm³/mol. The number of rotatable bonds is 5. The molecule has 0 aliphatic rings. The molecule has 1 aromatic rings. The highest BCUT2D eigenvalue weighted by molar-refractivity contribution is 6.32. The Morgan fingerprint density at radius 2 is 2.00 bits per heavy atom. The van der Waals surface area contributed by atoms with E-state index in [-0.39, 0.29) is 18.2 Å². The lowest BCUT2D eigenvalue weighted by Crippen LogP contribution is -2.19. The maximum Gasteiger partial charge on any atom is 0.411 e. The molecule has 0 saturated heterocycles. The SMILES string of the molecule is N#Cc1ccc(OCCOCC(F)(F)F)c(Cl)c1. The van der Waals surface area contributed by atoms with Crippen LogP contribution >= 0.6 is 11.6 Å². The van der Waals surface area contributed by atoms with Gasteiger partial charge < -0.3 is 9.47 Å². The van der Waals surface area contributed by atoms with Gasteiger partial charge in [0.2, 0.25) is 0 Å². The van der Waals surface area contributed by atoms with Crippen molar-refractivity contribution in [3.63, 3.8) is 0 Å². The minimum Gasteiger partial charge on any atom is -0.490 e. The Bertz CT molecular complexity index is 443. The van der Waals surface area contributed by atoms with Crippen LogP contribution in [0.4, 0.5) is 13.2 Å². The molecule has 0 bridgehead atoms. The number of hydrogen-bond donors (Lipinski definition) is 0. The smallest absolute Gasteiger partial charge is 0.411 e. The molecule has 0 heterocycles. The Hall–Kier alpha value is -1.45. The number of hydrogen-bond acceptors (Lipinski definition) is 3. The van der Waals surface area contributed by atoms with Crippen LogP contribution in [0.25, 0.3) is 0 Å². The van der Waals surface area contributed by atoms with Gasteiger partial charge in [-0.2, -0.15) is 18.4 Å². The van der Waals surface area contributed by atoms with Gasteiger partial charge in [-0.1, -0.05) is 11.6 Å². The summed E-state index contributed by atoms with van der Waals surface area (Å²) in [5.41, 5.74) is 0.376. The van der Waals surface area contributed by atoms with E-state index in [0.717, 1.165) is 0 Å². The van der Waals surface area contributed by atoms with Crippen LogP contribution in [-0.4, -0.2) is 26.0 Å². The van der Waals surface area contributed by atoms with Crippen molar-refractivity contribution < 1.29 is 22.6 Å². The highest BCUT2D eigenvalue weighted by Crippen LogP contribution is 2.25. The molecular formula is C11H9ClF3NO2. The molecule has 0 unspecified atom stereocenters. The van der Waals surface area contributed by atoms with Crippen molar-refractivity contribution in [2.24, 2.45) is 0 Å². The highest BCUT2D eigenvalue weighted by Gasteiger charge is 2.27. The van der Waals surface area contributed by atoms with Crippen molar-refractivity contribution >= 4 is 11.6 Å². The second kappa shape index (κ2) is 6.47. The molecule has 0 aliphatic heterocycles. The summed E-state index contributed by atoms with van der Waals surface area (Å²) in [5.74, 6) is 0.297. The van der Waals surface area contributed by atoms with E-state index in [9.17, 15) is 13.2 Å².